The van der Waals surface area contributed by atoms with Gasteiger partial charge in [0.2, 0.25) is 0 Å². The van der Waals surface area contributed by atoms with Crippen LogP contribution < -0.4 is 0 Å². The number of allylic oxidation sites excluding steroid dienone is 1. The van der Waals surface area contributed by atoms with E-state index in [1.807, 2.05) is 6.08 Å². The van der Waals surface area contributed by atoms with Gasteiger partial charge in [0.25, 0.3) is 0 Å². The Balaban J connectivity index is 2.77. The fourth-order valence-electron chi connectivity index (χ4n) is 1.24. The monoisotopic (exact) mass is 186 g/mol. The molecule has 1 aromatic rings. The molecule has 0 radical (unpaired) electrons. The molecule has 0 saturated heterocycles. The lowest BCUT2D eigenvalue weighted by molar-refractivity contribution is 0.960. The van der Waals surface area contributed by atoms with E-state index < -0.39 is 0 Å². The van der Waals surface area contributed by atoms with Crippen molar-refractivity contribution in [3.8, 4) is 0 Å². The van der Waals surface area contributed by atoms with Gasteiger partial charge in [0.15, 0.2) is 0 Å². The Kier molecular flexibility index (Phi) is 4.22. The molecule has 0 nitrogen and oxygen atoms in total. The molecule has 1 rings (SSSR count). The van der Waals surface area contributed by atoms with E-state index in [2.05, 4.69) is 50.8 Å². The van der Waals surface area contributed by atoms with Crippen molar-refractivity contribution in [2.45, 2.75) is 33.6 Å². The van der Waals surface area contributed by atoms with Gasteiger partial charge in [-0.15, -0.1) is 5.73 Å². The van der Waals surface area contributed by atoms with Crippen LogP contribution in [-0.2, 0) is 0 Å². The van der Waals surface area contributed by atoms with Crippen LogP contribution in [0.3, 0.4) is 0 Å². The Bertz CT molecular complexity index is 352. The molecule has 0 aliphatic carbocycles. The summed E-state index contributed by atoms with van der Waals surface area (Å²) >= 11 is 0. The van der Waals surface area contributed by atoms with E-state index in [0.717, 1.165) is 6.42 Å². The molecule has 0 fully saturated rings. The maximum Gasteiger partial charge on any atom is -0.0130 e. The molecule has 0 heterocycles. The molecule has 0 amide bonds. The van der Waals surface area contributed by atoms with Gasteiger partial charge in [-0.05, 0) is 49.1 Å². The highest BCUT2D eigenvalue weighted by atomic mass is 14.0. The zero-order chi connectivity index (χ0) is 10.4. The average Bonchev–Trinajstić information content (AvgIpc) is 2.18. The van der Waals surface area contributed by atoms with Crippen LogP contribution in [0.25, 0.3) is 6.08 Å². The number of rotatable bonds is 3. The molecule has 0 saturated carbocycles. The van der Waals surface area contributed by atoms with Crippen molar-refractivity contribution in [3.63, 3.8) is 0 Å². The first kappa shape index (κ1) is 10.8. The normalized spacial score (nSPS) is 9.36. The molecule has 14 heavy (non-hydrogen) atoms. The van der Waals surface area contributed by atoms with Crippen molar-refractivity contribution in [1.82, 2.24) is 0 Å². The Labute approximate surface area is 87.0 Å². The topological polar surface area (TPSA) is 0 Å². The van der Waals surface area contributed by atoms with Gasteiger partial charge in [-0.1, -0.05) is 31.5 Å². The Morgan fingerprint density at radius 2 is 2.00 bits per heavy atom. The third-order valence-electron chi connectivity index (χ3n) is 2.33. The predicted octanol–water partition coefficient (Wildman–Crippen LogP) is 4.27. The van der Waals surface area contributed by atoms with Crippen LogP contribution in [0, 0.1) is 13.8 Å². The minimum absolute atomic E-state index is 1.11. The van der Waals surface area contributed by atoms with Crippen LogP contribution in [0.5, 0.6) is 0 Å². The fraction of sp³-hybridized carbons (Fsp3) is 0.357. The van der Waals surface area contributed by atoms with Gasteiger partial charge in [-0.2, -0.15) is 0 Å². The molecule has 0 aliphatic heterocycles. The standard InChI is InChI=1S/C14H18/c1-4-5-6-7-8-14-10-9-12(2)13(3)11-14/h6,8-11H,4-5H2,1-3H3. The molecule has 0 spiro atoms. The minimum atomic E-state index is 1.11. The summed E-state index contributed by atoms with van der Waals surface area (Å²) in [5, 5.41) is 0. The third kappa shape index (κ3) is 3.24. The first-order chi connectivity index (χ1) is 6.74. The van der Waals surface area contributed by atoms with Gasteiger partial charge in [0.05, 0.1) is 0 Å². The van der Waals surface area contributed by atoms with Gasteiger partial charge < -0.3 is 0 Å². The van der Waals surface area contributed by atoms with Crippen molar-refractivity contribution < 1.29 is 0 Å². The summed E-state index contributed by atoms with van der Waals surface area (Å²) in [5.74, 6) is 0. The molecular weight excluding hydrogens is 168 g/mol. The van der Waals surface area contributed by atoms with E-state index in [1.165, 1.54) is 23.1 Å². The van der Waals surface area contributed by atoms with E-state index in [9.17, 15) is 0 Å². The van der Waals surface area contributed by atoms with E-state index in [4.69, 9.17) is 0 Å². The lowest BCUT2D eigenvalue weighted by Gasteiger charge is -1.99. The minimum Gasteiger partial charge on any atom is -0.125 e. The molecule has 1 aromatic carbocycles. The van der Waals surface area contributed by atoms with Crippen LogP contribution in [0.1, 0.15) is 36.5 Å². The van der Waals surface area contributed by atoms with Gasteiger partial charge in [-0.25, -0.2) is 0 Å². The average molecular weight is 186 g/mol. The molecule has 0 aliphatic rings. The molecular formula is C14H18. The van der Waals surface area contributed by atoms with E-state index >= 15 is 0 Å². The van der Waals surface area contributed by atoms with E-state index in [0.29, 0.717) is 0 Å². The third-order valence-corrected chi connectivity index (χ3v) is 2.33. The van der Waals surface area contributed by atoms with Crippen LogP contribution >= 0.6 is 0 Å². The maximum absolute atomic E-state index is 3.20. The van der Waals surface area contributed by atoms with E-state index in [-0.39, 0.29) is 0 Å². The van der Waals surface area contributed by atoms with Crippen molar-refractivity contribution >= 4 is 6.08 Å². The summed E-state index contributed by atoms with van der Waals surface area (Å²) in [6, 6.07) is 6.49. The molecule has 0 aromatic heterocycles. The quantitative estimate of drug-likeness (QED) is 0.618. The van der Waals surface area contributed by atoms with Crippen LogP contribution in [0.2, 0.25) is 0 Å². The molecule has 0 N–H and O–H groups in total. The van der Waals surface area contributed by atoms with Gasteiger partial charge >= 0.3 is 0 Å². The summed E-state index contributed by atoms with van der Waals surface area (Å²) in [5.41, 5.74) is 7.13. The van der Waals surface area contributed by atoms with Crippen LogP contribution in [0.15, 0.2) is 30.0 Å². The SMILES string of the molecule is CCCC=C=Cc1ccc(C)c(C)c1. The number of benzene rings is 1. The summed E-state index contributed by atoms with van der Waals surface area (Å²) in [6.07, 6.45) is 6.44. The lowest BCUT2D eigenvalue weighted by Crippen LogP contribution is -1.80. The highest BCUT2D eigenvalue weighted by Gasteiger charge is 1.91. The Morgan fingerprint density at radius 1 is 1.21 bits per heavy atom. The number of aryl methyl sites for hydroxylation is 2. The van der Waals surface area contributed by atoms with Crippen molar-refractivity contribution in [3.05, 3.63) is 46.7 Å². The summed E-state index contributed by atoms with van der Waals surface area (Å²) in [6.45, 7) is 6.45. The maximum atomic E-state index is 3.20. The molecule has 0 heteroatoms. The summed E-state index contributed by atoms with van der Waals surface area (Å²) < 4.78 is 0. The summed E-state index contributed by atoms with van der Waals surface area (Å²) in [4.78, 5) is 0. The van der Waals surface area contributed by atoms with Crippen LogP contribution in [0.4, 0.5) is 0 Å². The number of unbranched alkanes of at least 4 members (excludes halogenated alkanes) is 1. The molecule has 0 unspecified atom stereocenters. The van der Waals surface area contributed by atoms with Crippen molar-refractivity contribution in [1.29, 1.82) is 0 Å². The second-order valence-electron chi connectivity index (χ2n) is 3.65. The first-order valence-corrected chi connectivity index (χ1v) is 5.22. The highest BCUT2D eigenvalue weighted by molar-refractivity contribution is 5.50. The first-order valence-electron chi connectivity index (χ1n) is 5.22. The van der Waals surface area contributed by atoms with Gasteiger partial charge in [0, 0.05) is 0 Å². The number of hydrogen-bond acceptors (Lipinski definition) is 0. The highest BCUT2D eigenvalue weighted by Crippen LogP contribution is 2.10. The predicted molar refractivity (Wildman–Crippen MR) is 63.4 cm³/mol. The Morgan fingerprint density at radius 3 is 2.64 bits per heavy atom. The zero-order valence-electron chi connectivity index (χ0n) is 9.30. The van der Waals surface area contributed by atoms with Crippen molar-refractivity contribution in [2.24, 2.45) is 0 Å². The van der Waals surface area contributed by atoms with Crippen LogP contribution in [-0.4, -0.2) is 0 Å². The van der Waals surface area contributed by atoms with Crippen molar-refractivity contribution in [2.75, 3.05) is 0 Å². The summed E-state index contributed by atoms with van der Waals surface area (Å²) in [7, 11) is 0. The smallest absolute Gasteiger partial charge is 0.0130 e. The largest absolute Gasteiger partial charge is 0.125 e. The molecule has 74 valence electrons. The fourth-order valence-corrected chi connectivity index (χ4v) is 1.24. The zero-order valence-corrected chi connectivity index (χ0v) is 9.30. The number of hydrogen-bond donors (Lipinski definition) is 0. The van der Waals surface area contributed by atoms with E-state index in [1.54, 1.807) is 0 Å². The lowest BCUT2D eigenvalue weighted by atomic mass is 10.1. The van der Waals surface area contributed by atoms with Gasteiger partial charge in [-0.3, -0.25) is 0 Å². The molecule has 0 atom stereocenters. The second kappa shape index (κ2) is 5.47. The molecule has 0 bridgehead atoms. The second-order valence-corrected chi connectivity index (χ2v) is 3.65. The van der Waals surface area contributed by atoms with Gasteiger partial charge in [0.1, 0.15) is 0 Å². The Hall–Kier alpha value is -1.26.